The third kappa shape index (κ3) is 4.50. The minimum Gasteiger partial charge on any atom is -0.490 e. The van der Waals surface area contributed by atoms with Crippen LogP contribution >= 0.6 is 0 Å². The summed E-state index contributed by atoms with van der Waals surface area (Å²) in [6.45, 7) is 10.8. The number of hydrogen-bond donors (Lipinski definition) is 1. The zero-order valence-electron chi connectivity index (χ0n) is 15.6. The molecule has 0 radical (unpaired) electrons. The van der Waals surface area contributed by atoms with E-state index < -0.39 is 5.60 Å². The van der Waals surface area contributed by atoms with Crippen molar-refractivity contribution in [2.24, 2.45) is 5.92 Å². The van der Waals surface area contributed by atoms with Crippen molar-refractivity contribution in [2.45, 2.75) is 72.0 Å². The smallest absolute Gasteiger partial charge is 0.256 e. The van der Waals surface area contributed by atoms with E-state index in [1.165, 1.54) is 0 Å². The van der Waals surface area contributed by atoms with Crippen LogP contribution in [0.4, 0.5) is 5.69 Å². The van der Waals surface area contributed by atoms with Crippen LogP contribution in [0.2, 0.25) is 0 Å². The zero-order valence-corrected chi connectivity index (χ0v) is 15.6. The van der Waals surface area contributed by atoms with Crippen LogP contribution < -0.4 is 10.1 Å². The summed E-state index contributed by atoms with van der Waals surface area (Å²) in [6, 6.07) is 5.79. The first-order valence-electron chi connectivity index (χ1n) is 9.13. The molecule has 0 aliphatic heterocycles. The first-order valence-corrected chi connectivity index (χ1v) is 9.13. The molecule has 2 rings (SSSR count). The molecule has 0 bridgehead atoms. The SMILES string of the molecule is CCCO[C@@](C)(C(=O)Nc1ccc(O[C@H](C)CC)c(C)c1)C1CC1. The molecule has 24 heavy (non-hydrogen) atoms. The van der Waals surface area contributed by atoms with Crippen molar-refractivity contribution in [2.75, 3.05) is 11.9 Å². The summed E-state index contributed by atoms with van der Waals surface area (Å²) in [4.78, 5) is 12.8. The quantitative estimate of drug-likeness (QED) is 0.712. The average Bonchev–Trinajstić information content (AvgIpc) is 3.40. The second-order valence-electron chi connectivity index (χ2n) is 7.00. The minimum absolute atomic E-state index is 0.0477. The Morgan fingerprint density at radius 2 is 2.08 bits per heavy atom. The summed E-state index contributed by atoms with van der Waals surface area (Å²) in [5.41, 5.74) is 1.09. The van der Waals surface area contributed by atoms with Gasteiger partial charge in [-0.2, -0.15) is 0 Å². The van der Waals surface area contributed by atoms with E-state index in [1.807, 2.05) is 32.0 Å². The summed E-state index contributed by atoms with van der Waals surface area (Å²) in [5.74, 6) is 1.15. The van der Waals surface area contributed by atoms with Gasteiger partial charge in [0.2, 0.25) is 0 Å². The Kier molecular flexibility index (Phi) is 6.27. The van der Waals surface area contributed by atoms with Gasteiger partial charge in [0.05, 0.1) is 6.10 Å². The van der Waals surface area contributed by atoms with E-state index in [-0.39, 0.29) is 12.0 Å². The van der Waals surface area contributed by atoms with Crippen LogP contribution in [0.15, 0.2) is 18.2 Å². The molecule has 0 saturated heterocycles. The number of rotatable bonds is 9. The number of amides is 1. The van der Waals surface area contributed by atoms with Gasteiger partial charge in [0.15, 0.2) is 0 Å². The second-order valence-corrected chi connectivity index (χ2v) is 7.00. The topological polar surface area (TPSA) is 47.6 Å². The predicted octanol–water partition coefficient (Wildman–Crippen LogP) is 4.71. The zero-order chi connectivity index (χ0) is 17.7. The van der Waals surface area contributed by atoms with Gasteiger partial charge in [0.1, 0.15) is 11.4 Å². The van der Waals surface area contributed by atoms with Gasteiger partial charge in [-0.15, -0.1) is 0 Å². The third-order valence-corrected chi connectivity index (χ3v) is 4.75. The van der Waals surface area contributed by atoms with Crippen molar-refractivity contribution in [3.8, 4) is 5.75 Å². The van der Waals surface area contributed by atoms with Crippen LogP contribution in [0.25, 0.3) is 0 Å². The monoisotopic (exact) mass is 333 g/mol. The largest absolute Gasteiger partial charge is 0.490 e. The Hall–Kier alpha value is -1.55. The number of hydrogen-bond acceptors (Lipinski definition) is 3. The fraction of sp³-hybridized carbons (Fsp3) is 0.650. The Morgan fingerprint density at radius 3 is 2.62 bits per heavy atom. The van der Waals surface area contributed by atoms with Crippen molar-refractivity contribution < 1.29 is 14.3 Å². The summed E-state index contributed by atoms with van der Waals surface area (Å²) < 4.78 is 11.8. The molecule has 1 saturated carbocycles. The van der Waals surface area contributed by atoms with Crippen molar-refractivity contribution in [1.29, 1.82) is 0 Å². The van der Waals surface area contributed by atoms with E-state index in [4.69, 9.17) is 9.47 Å². The molecule has 1 aromatic carbocycles. The minimum atomic E-state index is -0.726. The second kappa shape index (κ2) is 8.02. The third-order valence-electron chi connectivity index (χ3n) is 4.75. The highest BCUT2D eigenvalue weighted by atomic mass is 16.5. The van der Waals surface area contributed by atoms with Crippen molar-refractivity contribution >= 4 is 11.6 Å². The van der Waals surface area contributed by atoms with Crippen LogP contribution in [-0.4, -0.2) is 24.2 Å². The lowest BCUT2D eigenvalue weighted by atomic mass is 9.98. The van der Waals surface area contributed by atoms with E-state index >= 15 is 0 Å². The van der Waals surface area contributed by atoms with Gasteiger partial charge in [-0.25, -0.2) is 0 Å². The molecule has 4 heteroatoms. The van der Waals surface area contributed by atoms with Gasteiger partial charge in [-0.05, 0) is 76.1 Å². The molecule has 0 heterocycles. The van der Waals surface area contributed by atoms with E-state index in [2.05, 4.69) is 26.1 Å². The van der Waals surface area contributed by atoms with Gasteiger partial charge in [-0.3, -0.25) is 4.79 Å². The van der Waals surface area contributed by atoms with Crippen molar-refractivity contribution in [3.05, 3.63) is 23.8 Å². The molecule has 1 amide bonds. The number of ether oxygens (including phenoxy) is 2. The van der Waals surface area contributed by atoms with Gasteiger partial charge < -0.3 is 14.8 Å². The number of carbonyl (C=O) groups excluding carboxylic acids is 1. The van der Waals surface area contributed by atoms with E-state index in [9.17, 15) is 4.79 Å². The van der Waals surface area contributed by atoms with E-state index in [1.54, 1.807) is 0 Å². The highest BCUT2D eigenvalue weighted by Crippen LogP contribution is 2.42. The van der Waals surface area contributed by atoms with E-state index in [0.717, 1.165) is 42.7 Å². The number of aryl methyl sites for hydroxylation is 1. The molecule has 0 aromatic heterocycles. The molecule has 4 nitrogen and oxygen atoms in total. The fourth-order valence-electron chi connectivity index (χ4n) is 2.73. The number of carbonyl (C=O) groups is 1. The van der Waals surface area contributed by atoms with Crippen LogP contribution in [-0.2, 0) is 9.53 Å². The summed E-state index contributed by atoms with van der Waals surface area (Å²) in [6.07, 6.45) is 4.19. The molecule has 0 unspecified atom stereocenters. The lowest BCUT2D eigenvalue weighted by molar-refractivity contribution is -0.142. The van der Waals surface area contributed by atoms with Crippen LogP contribution in [0.5, 0.6) is 5.75 Å². The summed E-state index contributed by atoms with van der Waals surface area (Å²) in [7, 11) is 0. The van der Waals surface area contributed by atoms with Crippen LogP contribution in [0.1, 0.15) is 58.9 Å². The molecule has 1 N–H and O–H groups in total. The maximum absolute atomic E-state index is 12.8. The molecule has 134 valence electrons. The highest BCUT2D eigenvalue weighted by Gasteiger charge is 2.48. The van der Waals surface area contributed by atoms with Gasteiger partial charge in [0, 0.05) is 12.3 Å². The molecule has 1 aromatic rings. The Morgan fingerprint density at radius 1 is 1.38 bits per heavy atom. The summed E-state index contributed by atoms with van der Waals surface area (Å²) in [5, 5.41) is 3.03. The van der Waals surface area contributed by atoms with Crippen LogP contribution in [0.3, 0.4) is 0 Å². The molecule has 1 aliphatic carbocycles. The molecule has 1 fully saturated rings. The molecule has 1 aliphatic rings. The average molecular weight is 333 g/mol. The summed E-state index contributed by atoms with van der Waals surface area (Å²) >= 11 is 0. The lowest BCUT2D eigenvalue weighted by Crippen LogP contribution is -2.45. The Balaban J connectivity index is 2.06. The number of benzene rings is 1. The standard InChI is InChI=1S/C20H31NO3/c1-6-12-23-20(5,16-8-9-16)19(22)21-17-10-11-18(14(3)13-17)24-15(4)7-2/h10-11,13,15-16H,6-9,12H2,1-5H3,(H,21,22)/t15-,20-/m1/s1. The van der Waals surface area contributed by atoms with Crippen molar-refractivity contribution in [3.63, 3.8) is 0 Å². The highest BCUT2D eigenvalue weighted by molar-refractivity contribution is 5.97. The van der Waals surface area contributed by atoms with Gasteiger partial charge >= 0.3 is 0 Å². The lowest BCUT2D eigenvalue weighted by Gasteiger charge is -2.28. The molecule has 0 spiro atoms. The van der Waals surface area contributed by atoms with Gasteiger partial charge in [-0.1, -0.05) is 13.8 Å². The molecular weight excluding hydrogens is 302 g/mol. The first kappa shape index (κ1) is 18.8. The molecular formula is C20H31NO3. The van der Waals surface area contributed by atoms with Gasteiger partial charge in [0.25, 0.3) is 5.91 Å². The molecule has 2 atom stereocenters. The Labute approximate surface area is 145 Å². The van der Waals surface area contributed by atoms with Crippen LogP contribution in [0, 0.1) is 12.8 Å². The first-order chi connectivity index (χ1) is 11.4. The maximum Gasteiger partial charge on any atom is 0.256 e. The van der Waals surface area contributed by atoms with Crippen molar-refractivity contribution in [1.82, 2.24) is 0 Å². The maximum atomic E-state index is 12.8. The number of nitrogens with one attached hydrogen (secondary N) is 1. The normalized spacial score (nSPS) is 17.9. The fourth-order valence-corrected chi connectivity index (χ4v) is 2.73. The van der Waals surface area contributed by atoms with E-state index in [0.29, 0.717) is 12.5 Å². The Bertz CT molecular complexity index is 568. The number of anilines is 1. The predicted molar refractivity (Wildman–Crippen MR) is 97.6 cm³/mol.